The van der Waals surface area contributed by atoms with Crippen molar-refractivity contribution < 1.29 is 32.4 Å². The molecule has 0 unspecified atom stereocenters. The van der Waals surface area contributed by atoms with E-state index in [1.54, 1.807) is 0 Å². The lowest BCUT2D eigenvalue weighted by molar-refractivity contribution is -0.109. The van der Waals surface area contributed by atoms with Gasteiger partial charge in [-0.25, -0.2) is 13.6 Å². The SMILES string of the molecule is COC(=O)c1c(F)cc(C=C(CSC(C)=O)B2OC(C)(C)C(C)(C)O2)cc1F. The average molecular weight is 412 g/mol. The molecule has 0 saturated carbocycles. The number of hydrogen-bond donors (Lipinski definition) is 0. The van der Waals surface area contributed by atoms with Gasteiger partial charge in [0.1, 0.15) is 17.2 Å². The normalized spacial score (nSPS) is 18.3. The minimum absolute atomic E-state index is 0.110. The molecule has 1 saturated heterocycles. The molecule has 0 radical (unpaired) electrons. The van der Waals surface area contributed by atoms with Crippen LogP contribution in [0.5, 0.6) is 0 Å². The number of benzene rings is 1. The van der Waals surface area contributed by atoms with Gasteiger partial charge >= 0.3 is 13.1 Å². The number of ether oxygens (including phenoxy) is 1. The molecule has 0 aromatic heterocycles. The Morgan fingerprint density at radius 2 is 1.64 bits per heavy atom. The number of carbonyl (C=O) groups excluding carboxylic acids is 2. The molecule has 0 N–H and O–H groups in total. The van der Waals surface area contributed by atoms with Gasteiger partial charge < -0.3 is 14.0 Å². The van der Waals surface area contributed by atoms with Gasteiger partial charge in [0.05, 0.1) is 18.3 Å². The Balaban J connectivity index is 2.43. The number of hydrogen-bond acceptors (Lipinski definition) is 6. The lowest BCUT2D eigenvalue weighted by atomic mass is 9.78. The minimum Gasteiger partial charge on any atom is -0.465 e. The number of methoxy groups -OCH3 is 1. The quantitative estimate of drug-likeness (QED) is 0.537. The molecule has 1 aliphatic rings. The van der Waals surface area contributed by atoms with Crippen molar-refractivity contribution in [3.8, 4) is 0 Å². The lowest BCUT2D eigenvalue weighted by Crippen LogP contribution is -2.41. The number of thioether (sulfide) groups is 1. The summed E-state index contributed by atoms with van der Waals surface area (Å²) in [5, 5.41) is -0.110. The minimum atomic E-state index is -1.09. The van der Waals surface area contributed by atoms with E-state index in [-0.39, 0.29) is 16.4 Å². The van der Waals surface area contributed by atoms with E-state index < -0.39 is 41.5 Å². The summed E-state index contributed by atoms with van der Waals surface area (Å²) in [6.07, 6.45) is 1.51. The maximum atomic E-state index is 14.2. The molecular weight excluding hydrogens is 389 g/mol. The molecule has 28 heavy (non-hydrogen) atoms. The Hall–Kier alpha value is -1.71. The lowest BCUT2D eigenvalue weighted by Gasteiger charge is -2.32. The van der Waals surface area contributed by atoms with Gasteiger partial charge in [0.25, 0.3) is 0 Å². The summed E-state index contributed by atoms with van der Waals surface area (Å²) < 4.78 is 44.9. The van der Waals surface area contributed by atoms with E-state index in [4.69, 9.17) is 9.31 Å². The highest BCUT2D eigenvalue weighted by molar-refractivity contribution is 8.13. The van der Waals surface area contributed by atoms with E-state index in [9.17, 15) is 18.4 Å². The third kappa shape index (κ3) is 4.82. The molecule has 1 aromatic carbocycles. The topological polar surface area (TPSA) is 61.8 Å². The Labute approximate surface area is 167 Å². The first kappa shape index (κ1) is 22.6. The number of halogens is 2. The van der Waals surface area contributed by atoms with Gasteiger partial charge in [-0.3, -0.25) is 4.79 Å². The van der Waals surface area contributed by atoms with E-state index in [0.29, 0.717) is 5.47 Å². The first-order valence-corrected chi connectivity index (χ1v) is 9.63. The molecule has 0 bridgehead atoms. The molecule has 1 fully saturated rings. The second-order valence-corrected chi connectivity index (χ2v) is 8.59. The van der Waals surface area contributed by atoms with Crippen molar-refractivity contribution in [3.63, 3.8) is 0 Å². The van der Waals surface area contributed by atoms with E-state index in [1.165, 1.54) is 13.0 Å². The monoisotopic (exact) mass is 412 g/mol. The van der Waals surface area contributed by atoms with E-state index in [2.05, 4.69) is 4.74 Å². The number of rotatable bonds is 5. The van der Waals surface area contributed by atoms with Crippen LogP contribution in [0.25, 0.3) is 6.08 Å². The van der Waals surface area contributed by atoms with Crippen LogP contribution in [0.2, 0.25) is 0 Å². The summed E-state index contributed by atoms with van der Waals surface area (Å²) >= 11 is 1.04. The summed E-state index contributed by atoms with van der Waals surface area (Å²) in [5.41, 5.74) is -1.25. The second-order valence-electron chi connectivity index (χ2n) is 7.44. The van der Waals surface area contributed by atoms with Gasteiger partial charge in [-0.15, -0.1) is 0 Å². The van der Waals surface area contributed by atoms with Crippen molar-refractivity contribution in [1.82, 2.24) is 0 Å². The van der Waals surface area contributed by atoms with Gasteiger partial charge in [-0.2, -0.15) is 0 Å². The van der Waals surface area contributed by atoms with Gasteiger partial charge in [0, 0.05) is 12.7 Å². The summed E-state index contributed by atoms with van der Waals surface area (Å²) in [4.78, 5) is 22.9. The molecule has 0 atom stereocenters. The van der Waals surface area contributed by atoms with Crippen molar-refractivity contribution in [2.24, 2.45) is 0 Å². The molecular formula is C19H23BF2O5S. The fourth-order valence-electron chi connectivity index (χ4n) is 2.54. The molecule has 2 rings (SSSR count). The van der Waals surface area contributed by atoms with Crippen LogP contribution in [0.4, 0.5) is 8.78 Å². The fraction of sp³-hybridized carbons (Fsp3) is 0.474. The Morgan fingerprint density at radius 1 is 1.14 bits per heavy atom. The van der Waals surface area contributed by atoms with Crippen LogP contribution in [0, 0.1) is 11.6 Å². The maximum absolute atomic E-state index is 14.2. The Bertz CT molecular complexity index is 784. The van der Waals surface area contributed by atoms with Crippen LogP contribution >= 0.6 is 11.8 Å². The zero-order chi connectivity index (χ0) is 21.3. The van der Waals surface area contributed by atoms with Crippen LogP contribution in [0.3, 0.4) is 0 Å². The molecule has 1 aromatic rings. The highest BCUT2D eigenvalue weighted by atomic mass is 32.2. The predicted octanol–water partition coefficient (Wildman–Crippen LogP) is 4.05. The highest BCUT2D eigenvalue weighted by Gasteiger charge is 2.52. The van der Waals surface area contributed by atoms with Crippen LogP contribution in [-0.4, -0.2) is 42.3 Å². The summed E-state index contributed by atoms with van der Waals surface area (Å²) in [6.45, 7) is 8.96. The van der Waals surface area contributed by atoms with E-state index in [0.717, 1.165) is 31.0 Å². The highest BCUT2D eigenvalue weighted by Crippen LogP contribution is 2.39. The molecule has 9 heteroatoms. The summed E-state index contributed by atoms with van der Waals surface area (Å²) in [7, 11) is 0.271. The molecule has 0 spiro atoms. The van der Waals surface area contributed by atoms with E-state index >= 15 is 0 Å². The standard InChI is InChI=1S/C19H23BF2O5S/c1-11(23)28-10-13(20-26-18(2,3)19(4,5)27-20)7-12-8-14(21)16(15(22)9-12)17(24)25-6/h7-9H,10H2,1-6H3. The smallest absolute Gasteiger partial charge is 0.465 e. The van der Waals surface area contributed by atoms with Crippen LogP contribution in [0.15, 0.2) is 17.6 Å². The van der Waals surface area contributed by atoms with Crippen molar-refractivity contribution >= 4 is 36.0 Å². The largest absolute Gasteiger partial charge is 0.491 e. The van der Waals surface area contributed by atoms with Crippen LogP contribution in [0.1, 0.15) is 50.5 Å². The van der Waals surface area contributed by atoms with Crippen LogP contribution in [-0.2, 0) is 18.8 Å². The zero-order valence-electron chi connectivity index (χ0n) is 16.7. The Morgan fingerprint density at radius 3 is 2.07 bits per heavy atom. The average Bonchev–Trinajstić information content (AvgIpc) is 2.78. The van der Waals surface area contributed by atoms with Gasteiger partial charge in [0.15, 0.2) is 5.12 Å². The predicted molar refractivity (Wildman–Crippen MR) is 105 cm³/mol. The zero-order valence-corrected chi connectivity index (χ0v) is 17.5. The molecule has 0 aliphatic carbocycles. The summed E-state index contributed by atoms with van der Waals surface area (Å²) in [5.74, 6) is -2.94. The molecule has 5 nitrogen and oxygen atoms in total. The number of esters is 1. The maximum Gasteiger partial charge on any atom is 0.491 e. The van der Waals surface area contributed by atoms with Gasteiger partial charge in [-0.05, 0) is 50.9 Å². The molecule has 1 heterocycles. The van der Waals surface area contributed by atoms with Crippen molar-refractivity contribution in [2.45, 2.75) is 45.8 Å². The fourth-order valence-corrected chi connectivity index (χ4v) is 3.13. The molecule has 1 aliphatic heterocycles. The number of carbonyl (C=O) groups is 2. The van der Waals surface area contributed by atoms with Crippen molar-refractivity contribution in [1.29, 1.82) is 0 Å². The summed E-state index contributed by atoms with van der Waals surface area (Å²) in [6, 6.07) is 2.05. The first-order valence-electron chi connectivity index (χ1n) is 8.65. The first-order chi connectivity index (χ1) is 12.9. The third-order valence-electron chi connectivity index (χ3n) is 4.80. The van der Waals surface area contributed by atoms with Crippen molar-refractivity contribution in [2.75, 3.05) is 12.9 Å². The second kappa shape index (κ2) is 8.35. The van der Waals surface area contributed by atoms with Crippen LogP contribution < -0.4 is 0 Å². The third-order valence-corrected chi connectivity index (χ3v) is 5.69. The molecule has 152 valence electrons. The Kier molecular flexibility index (Phi) is 6.73. The van der Waals surface area contributed by atoms with Crippen molar-refractivity contribution in [3.05, 3.63) is 40.4 Å². The van der Waals surface area contributed by atoms with E-state index in [1.807, 2.05) is 27.7 Å². The van der Waals surface area contributed by atoms with Gasteiger partial charge in [-0.1, -0.05) is 17.8 Å². The van der Waals surface area contributed by atoms with Gasteiger partial charge in [0.2, 0.25) is 0 Å². The molecule has 0 amide bonds.